The molecule has 1 fully saturated rings. The van der Waals surface area contributed by atoms with Crippen molar-refractivity contribution < 1.29 is 26.3 Å². The van der Waals surface area contributed by atoms with Crippen LogP contribution in [0.1, 0.15) is 38.5 Å². The summed E-state index contributed by atoms with van der Waals surface area (Å²) >= 11 is 0. The Morgan fingerprint density at radius 1 is 1.00 bits per heavy atom. The van der Waals surface area contributed by atoms with Crippen LogP contribution in [0.5, 0.6) is 0 Å². The zero-order valence-corrected chi connectivity index (χ0v) is 13.0. The lowest BCUT2D eigenvalue weighted by Gasteiger charge is -2.26. The Bertz CT molecular complexity index is 364. The summed E-state index contributed by atoms with van der Waals surface area (Å²) in [7, 11) is 0. The number of carbonyl (C=O) groups is 1. The maximum absolute atomic E-state index is 11.9. The van der Waals surface area contributed by atoms with Gasteiger partial charge in [-0.3, -0.25) is 4.79 Å². The third-order valence-electron chi connectivity index (χ3n) is 3.54. The summed E-state index contributed by atoms with van der Waals surface area (Å²) in [5.74, 6) is 0.354. The average molecular weight is 327 g/mol. The van der Waals surface area contributed by atoms with Crippen LogP contribution in [0.2, 0.25) is 0 Å². The van der Waals surface area contributed by atoms with Crippen molar-refractivity contribution in [2.45, 2.75) is 45.1 Å². The number of aryl methyl sites for hydroxylation is 1. The number of halogens is 1. The first kappa shape index (κ1) is 16.2. The second kappa shape index (κ2) is 9.08. The number of amides is 1. The number of nitrogens with zero attached hydrogens (tertiary/aromatic N) is 2. The first-order valence-electron chi connectivity index (χ1n) is 7.08. The molecule has 0 bridgehead atoms. The van der Waals surface area contributed by atoms with E-state index >= 15 is 0 Å². The fraction of sp³-hybridized carbons (Fsp3) is 0.600. The summed E-state index contributed by atoms with van der Waals surface area (Å²) in [6, 6.07) is 6.11. The maximum Gasteiger partial charge on any atom is 0.222 e. The van der Waals surface area contributed by atoms with Crippen LogP contribution in [-0.2, 0) is 11.3 Å². The number of pyridine rings is 1. The molecule has 4 heteroatoms. The van der Waals surface area contributed by atoms with Gasteiger partial charge in [0.25, 0.3) is 0 Å². The number of hydrogen-bond acceptors (Lipinski definition) is 1. The van der Waals surface area contributed by atoms with Crippen LogP contribution in [0.15, 0.2) is 30.6 Å². The molecule has 0 saturated carbocycles. The highest BCUT2D eigenvalue weighted by atomic mass is 79.9. The Morgan fingerprint density at radius 3 is 2.37 bits per heavy atom. The van der Waals surface area contributed by atoms with Crippen molar-refractivity contribution in [2.75, 3.05) is 13.1 Å². The van der Waals surface area contributed by atoms with Gasteiger partial charge in [-0.1, -0.05) is 6.07 Å². The Balaban J connectivity index is 0.00000180. The van der Waals surface area contributed by atoms with Crippen LogP contribution in [-0.4, -0.2) is 23.9 Å². The zero-order valence-electron chi connectivity index (χ0n) is 11.4. The molecule has 0 spiro atoms. The summed E-state index contributed by atoms with van der Waals surface area (Å²) in [6.07, 6.45) is 10.6. The van der Waals surface area contributed by atoms with Crippen molar-refractivity contribution in [1.82, 2.24) is 4.90 Å². The number of carbonyl (C=O) groups excluding carboxylic acids is 1. The van der Waals surface area contributed by atoms with Crippen LogP contribution < -0.4 is 21.5 Å². The van der Waals surface area contributed by atoms with Crippen LogP contribution in [0.3, 0.4) is 0 Å². The standard InChI is InChI=1S/C15H23N2O.BrH/c18-15(17-13-6-2-7-14-17)9-3-8-12-16-10-4-1-5-11-16;/h1,4-5,10-11H,2-3,6-9,12-14H2;1H/q+1;/p-1. The molecule has 0 radical (unpaired) electrons. The molecule has 1 aromatic rings. The summed E-state index contributed by atoms with van der Waals surface area (Å²) in [4.78, 5) is 14.0. The van der Waals surface area contributed by atoms with Gasteiger partial charge in [-0.2, -0.15) is 0 Å². The molecule has 0 unspecified atom stereocenters. The summed E-state index contributed by atoms with van der Waals surface area (Å²) in [5.41, 5.74) is 0. The minimum absolute atomic E-state index is 0. The lowest BCUT2D eigenvalue weighted by atomic mass is 10.1. The smallest absolute Gasteiger partial charge is 0.222 e. The first-order valence-corrected chi connectivity index (χ1v) is 7.08. The molecule has 0 aliphatic carbocycles. The first-order chi connectivity index (χ1) is 8.86. The van der Waals surface area contributed by atoms with E-state index in [4.69, 9.17) is 0 Å². The van der Waals surface area contributed by atoms with Gasteiger partial charge in [0.2, 0.25) is 5.91 Å². The fourth-order valence-corrected chi connectivity index (χ4v) is 2.46. The molecule has 19 heavy (non-hydrogen) atoms. The summed E-state index contributed by atoms with van der Waals surface area (Å²) in [5, 5.41) is 0. The van der Waals surface area contributed by atoms with Gasteiger partial charge in [-0.15, -0.1) is 0 Å². The van der Waals surface area contributed by atoms with Crippen molar-refractivity contribution >= 4 is 5.91 Å². The predicted octanol–water partition coefficient (Wildman–Crippen LogP) is -0.839. The van der Waals surface area contributed by atoms with Gasteiger partial charge in [-0.25, -0.2) is 4.57 Å². The lowest BCUT2D eigenvalue weighted by molar-refractivity contribution is -0.697. The molecular weight excluding hydrogens is 304 g/mol. The molecule has 1 aliphatic rings. The molecule has 0 atom stereocenters. The van der Waals surface area contributed by atoms with Crippen molar-refractivity contribution in [3.05, 3.63) is 30.6 Å². The van der Waals surface area contributed by atoms with Gasteiger partial charge in [0.05, 0.1) is 0 Å². The molecule has 0 aromatic carbocycles. The highest BCUT2D eigenvalue weighted by molar-refractivity contribution is 5.76. The van der Waals surface area contributed by atoms with E-state index in [1.54, 1.807) is 0 Å². The number of likely N-dealkylation sites (tertiary alicyclic amines) is 1. The number of piperidine rings is 1. The highest BCUT2D eigenvalue weighted by Gasteiger charge is 2.15. The maximum atomic E-state index is 11.9. The topological polar surface area (TPSA) is 24.2 Å². The molecule has 3 nitrogen and oxygen atoms in total. The minimum atomic E-state index is 0. The molecule has 1 saturated heterocycles. The number of rotatable bonds is 5. The summed E-state index contributed by atoms with van der Waals surface area (Å²) < 4.78 is 2.17. The molecule has 106 valence electrons. The summed E-state index contributed by atoms with van der Waals surface area (Å²) in [6.45, 7) is 2.96. The fourth-order valence-electron chi connectivity index (χ4n) is 2.46. The van der Waals surface area contributed by atoms with Crippen LogP contribution >= 0.6 is 0 Å². The molecule has 1 aliphatic heterocycles. The quantitative estimate of drug-likeness (QED) is 0.511. The number of aromatic nitrogens is 1. The van der Waals surface area contributed by atoms with Crippen molar-refractivity contribution in [1.29, 1.82) is 0 Å². The van der Waals surface area contributed by atoms with Gasteiger partial charge in [-0.05, 0) is 25.7 Å². The van der Waals surface area contributed by atoms with Gasteiger partial charge >= 0.3 is 0 Å². The minimum Gasteiger partial charge on any atom is -1.00 e. The van der Waals surface area contributed by atoms with Gasteiger partial charge in [0.1, 0.15) is 6.54 Å². The average Bonchev–Trinajstić information content (AvgIpc) is 2.45. The molecule has 1 amide bonds. The predicted molar refractivity (Wildman–Crippen MR) is 70.9 cm³/mol. The van der Waals surface area contributed by atoms with E-state index in [-0.39, 0.29) is 17.0 Å². The van der Waals surface area contributed by atoms with Crippen molar-refractivity contribution in [3.8, 4) is 0 Å². The van der Waals surface area contributed by atoms with Gasteiger partial charge < -0.3 is 21.9 Å². The normalized spacial score (nSPS) is 14.8. The van der Waals surface area contributed by atoms with E-state index in [0.29, 0.717) is 12.3 Å². The van der Waals surface area contributed by atoms with E-state index in [1.807, 2.05) is 23.1 Å². The largest absolute Gasteiger partial charge is 1.00 e. The van der Waals surface area contributed by atoms with E-state index < -0.39 is 0 Å². The monoisotopic (exact) mass is 326 g/mol. The highest BCUT2D eigenvalue weighted by Crippen LogP contribution is 2.11. The number of hydrogen-bond donors (Lipinski definition) is 0. The zero-order chi connectivity index (χ0) is 12.6. The lowest BCUT2D eigenvalue weighted by Crippen LogP contribution is -3.00. The third-order valence-corrected chi connectivity index (χ3v) is 3.54. The molecule has 0 N–H and O–H groups in total. The van der Waals surface area contributed by atoms with E-state index in [9.17, 15) is 4.79 Å². The van der Waals surface area contributed by atoms with Gasteiger partial charge in [0, 0.05) is 38.1 Å². The van der Waals surface area contributed by atoms with Crippen molar-refractivity contribution in [3.63, 3.8) is 0 Å². The molecule has 2 rings (SSSR count). The second-order valence-electron chi connectivity index (χ2n) is 5.01. The molecular formula is C15H23BrN2O. The van der Waals surface area contributed by atoms with Gasteiger partial charge in [0.15, 0.2) is 12.4 Å². The Labute approximate surface area is 126 Å². The molecule has 2 heterocycles. The second-order valence-corrected chi connectivity index (χ2v) is 5.01. The van der Waals surface area contributed by atoms with Crippen molar-refractivity contribution in [2.24, 2.45) is 0 Å². The van der Waals surface area contributed by atoms with E-state index in [0.717, 1.165) is 32.5 Å². The third kappa shape index (κ3) is 5.72. The van der Waals surface area contributed by atoms with Crippen LogP contribution in [0.4, 0.5) is 0 Å². The van der Waals surface area contributed by atoms with Crippen LogP contribution in [0, 0.1) is 0 Å². The van der Waals surface area contributed by atoms with E-state index in [2.05, 4.69) is 17.0 Å². The van der Waals surface area contributed by atoms with Crippen LogP contribution in [0.25, 0.3) is 0 Å². The number of unbranched alkanes of at least 4 members (excludes halogenated alkanes) is 1. The Hall–Kier alpha value is -0.900. The Morgan fingerprint density at radius 2 is 1.68 bits per heavy atom. The SMILES string of the molecule is O=C(CCCC[n+]1ccccc1)N1CCCCC1.[Br-]. The van der Waals surface area contributed by atoms with E-state index in [1.165, 1.54) is 19.3 Å². The Kier molecular flexibility index (Phi) is 7.72. The molecule has 1 aromatic heterocycles.